The van der Waals surface area contributed by atoms with Gasteiger partial charge < -0.3 is 5.32 Å². The van der Waals surface area contributed by atoms with E-state index >= 15 is 0 Å². The van der Waals surface area contributed by atoms with Crippen molar-refractivity contribution in [1.82, 2.24) is 5.32 Å². The van der Waals surface area contributed by atoms with Crippen molar-refractivity contribution < 1.29 is 9.28 Å². The number of carbonyl (C=O) groups excluding carboxylic acids is 1. The molecule has 0 fully saturated rings. The molecule has 4 heteroatoms. The van der Waals surface area contributed by atoms with Gasteiger partial charge in [0.1, 0.15) is 6.54 Å². The van der Waals surface area contributed by atoms with Crippen LogP contribution in [-0.2, 0) is 4.79 Å². The number of hydrogen-bond donors (Lipinski definition) is 1. The van der Waals surface area contributed by atoms with E-state index in [9.17, 15) is 4.79 Å². The Kier molecular flexibility index (Phi) is 18.3. The molecule has 0 spiro atoms. The normalized spacial score (nSPS) is 20.2. The Bertz CT molecular complexity index is 531. The molecule has 1 amide bonds. The lowest BCUT2D eigenvalue weighted by atomic mass is 10.0. The van der Waals surface area contributed by atoms with Crippen LogP contribution >= 0.6 is 0 Å². The van der Waals surface area contributed by atoms with Gasteiger partial charge in [0, 0.05) is 13.3 Å². The molecule has 33 heavy (non-hydrogen) atoms. The highest BCUT2D eigenvalue weighted by atomic mass is 16.1. The lowest BCUT2D eigenvalue weighted by molar-refractivity contribution is -0.934. The van der Waals surface area contributed by atoms with Crippen LogP contribution in [0.3, 0.4) is 0 Å². The molecule has 0 aliphatic carbocycles. The number of likely N-dealkylation sites (N-methyl/N-ethyl adjacent to an activating group) is 1. The molecule has 1 N–H and O–H groups in total. The molecule has 192 valence electrons. The van der Waals surface area contributed by atoms with E-state index in [0.29, 0.717) is 6.17 Å². The third-order valence-electron chi connectivity index (χ3n) is 7.40. The minimum Gasteiger partial charge on any atom is -0.351 e. The van der Waals surface area contributed by atoms with Gasteiger partial charge in [-0.15, -0.1) is 0 Å². The van der Waals surface area contributed by atoms with Gasteiger partial charge in [-0.1, -0.05) is 109 Å². The Hall–Kier alpha value is -1.16. The van der Waals surface area contributed by atoms with Crippen LogP contribution in [0.25, 0.3) is 0 Å². The maximum absolute atomic E-state index is 11.2. The third kappa shape index (κ3) is 14.7. The van der Waals surface area contributed by atoms with Gasteiger partial charge in [0.15, 0.2) is 6.17 Å². The minimum atomic E-state index is 0.0595. The average Bonchev–Trinajstić information content (AvgIpc) is 3.21. The number of unbranched alkanes of at least 4 members (excludes halogenated alkanes) is 15. The molecule has 1 heterocycles. The predicted octanol–water partition coefficient (Wildman–Crippen LogP) is 7.58. The summed E-state index contributed by atoms with van der Waals surface area (Å²) in [7, 11) is 0. The fraction of sp³-hybridized carbons (Fsp3) is 0.862. The lowest BCUT2D eigenvalue weighted by Crippen LogP contribution is -2.55. The molecular formula is C29H56N3O+. The molecule has 0 radical (unpaired) electrons. The molecular weight excluding hydrogens is 406 g/mol. The molecule has 2 atom stereocenters. The van der Waals surface area contributed by atoms with Gasteiger partial charge in [-0.05, 0) is 19.8 Å². The molecule has 0 aromatic carbocycles. The number of nitrogens with zero attached hydrogens (tertiary/aromatic N) is 2. The molecule has 0 saturated heterocycles. The first kappa shape index (κ1) is 29.9. The topological polar surface area (TPSA) is 41.5 Å². The molecule has 0 aromatic rings. The van der Waals surface area contributed by atoms with Crippen LogP contribution < -0.4 is 5.32 Å². The number of allylic oxidation sites excluding steroid dienone is 1. The summed E-state index contributed by atoms with van der Waals surface area (Å²) in [4.78, 5) is 15.9. The molecule has 0 bridgehead atoms. The van der Waals surface area contributed by atoms with Crippen LogP contribution in [0.2, 0.25) is 0 Å². The Labute approximate surface area is 206 Å². The van der Waals surface area contributed by atoms with E-state index in [1.807, 2.05) is 0 Å². The second kappa shape index (κ2) is 20.2. The Morgan fingerprint density at radius 3 is 1.94 bits per heavy atom. The van der Waals surface area contributed by atoms with Crippen molar-refractivity contribution in [3.05, 3.63) is 12.2 Å². The van der Waals surface area contributed by atoms with Crippen molar-refractivity contribution >= 4 is 12.1 Å². The summed E-state index contributed by atoms with van der Waals surface area (Å²) >= 11 is 0. The van der Waals surface area contributed by atoms with Crippen molar-refractivity contribution in [3.63, 3.8) is 0 Å². The monoisotopic (exact) mass is 462 g/mol. The third-order valence-corrected chi connectivity index (χ3v) is 7.40. The zero-order valence-electron chi connectivity index (χ0n) is 22.5. The van der Waals surface area contributed by atoms with Gasteiger partial charge in [0.05, 0.1) is 25.8 Å². The summed E-state index contributed by atoms with van der Waals surface area (Å²) in [6, 6.07) is 0. The number of hydrogen-bond acceptors (Lipinski definition) is 2. The van der Waals surface area contributed by atoms with Crippen molar-refractivity contribution in [3.8, 4) is 0 Å². The van der Waals surface area contributed by atoms with E-state index in [2.05, 4.69) is 37.5 Å². The first-order valence-electron chi connectivity index (χ1n) is 14.4. The maximum atomic E-state index is 11.2. The van der Waals surface area contributed by atoms with Crippen molar-refractivity contribution in [2.24, 2.45) is 4.99 Å². The lowest BCUT2D eigenvalue weighted by Gasteiger charge is -2.37. The Morgan fingerprint density at radius 2 is 1.42 bits per heavy atom. The van der Waals surface area contributed by atoms with Crippen molar-refractivity contribution in [2.75, 3.05) is 26.2 Å². The predicted molar refractivity (Wildman–Crippen MR) is 145 cm³/mol. The number of carbonyl (C=O) groups is 1. The van der Waals surface area contributed by atoms with E-state index < -0.39 is 0 Å². The molecule has 2 unspecified atom stereocenters. The number of aliphatic imine (C=N–C) groups is 1. The van der Waals surface area contributed by atoms with Crippen LogP contribution in [0.4, 0.5) is 0 Å². The van der Waals surface area contributed by atoms with Crippen LogP contribution in [0.15, 0.2) is 17.1 Å². The fourth-order valence-corrected chi connectivity index (χ4v) is 5.04. The average molecular weight is 463 g/mol. The molecule has 0 aromatic heterocycles. The summed E-state index contributed by atoms with van der Waals surface area (Å²) in [5.41, 5.74) is 0. The first-order valence-corrected chi connectivity index (χ1v) is 14.4. The Morgan fingerprint density at radius 1 is 0.879 bits per heavy atom. The van der Waals surface area contributed by atoms with E-state index in [1.54, 1.807) is 6.92 Å². The van der Waals surface area contributed by atoms with Gasteiger partial charge in [-0.25, -0.2) is 4.99 Å². The fourth-order valence-electron chi connectivity index (χ4n) is 5.04. The summed E-state index contributed by atoms with van der Waals surface area (Å²) in [5.74, 6) is 0.0595. The van der Waals surface area contributed by atoms with Crippen LogP contribution in [0, 0.1) is 0 Å². The van der Waals surface area contributed by atoms with Gasteiger partial charge in [0.25, 0.3) is 0 Å². The smallest absolute Gasteiger partial charge is 0.217 e. The van der Waals surface area contributed by atoms with Crippen molar-refractivity contribution in [2.45, 2.75) is 136 Å². The highest BCUT2D eigenvalue weighted by Gasteiger charge is 2.36. The van der Waals surface area contributed by atoms with E-state index in [4.69, 9.17) is 4.99 Å². The van der Waals surface area contributed by atoms with Crippen LogP contribution in [0.1, 0.15) is 130 Å². The highest BCUT2D eigenvalue weighted by molar-refractivity contribution is 5.72. The van der Waals surface area contributed by atoms with Gasteiger partial charge in [-0.2, -0.15) is 0 Å². The second-order valence-electron chi connectivity index (χ2n) is 10.2. The van der Waals surface area contributed by atoms with Gasteiger partial charge >= 0.3 is 0 Å². The number of quaternary nitrogens is 1. The number of nitrogens with one attached hydrogen (secondary N) is 1. The van der Waals surface area contributed by atoms with E-state index in [1.165, 1.54) is 103 Å². The minimum absolute atomic E-state index is 0.0595. The SMILES string of the molecule is CCCCCCCCCCCCCCCCC/C=C/CC1N=CC[N+]1(CC)CCNC(C)=O. The van der Waals surface area contributed by atoms with E-state index in [0.717, 1.165) is 37.1 Å². The molecule has 1 aliphatic heterocycles. The molecule has 4 nitrogen and oxygen atoms in total. The van der Waals surface area contributed by atoms with Gasteiger partial charge in [-0.3, -0.25) is 9.28 Å². The first-order chi connectivity index (χ1) is 16.1. The van der Waals surface area contributed by atoms with Crippen LogP contribution in [0.5, 0.6) is 0 Å². The maximum Gasteiger partial charge on any atom is 0.217 e. The van der Waals surface area contributed by atoms with E-state index in [-0.39, 0.29) is 5.91 Å². The summed E-state index contributed by atoms with van der Waals surface area (Å²) < 4.78 is 0.976. The number of amides is 1. The standard InChI is InChI=1S/C29H55N3O/c1-4-6-7-8-9-10-11-12-13-14-15-16-17-18-19-20-21-22-23-29-31-25-27-32(29,5-2)26-24-30-28(3)33/h21-22,25,29H,4-20,23-24,26-27H2,1-3H3/p+1/b22-21+. The van der Waals surface area contributed by atoms with Gasteiger partial charge in [0.2, 0.25) is 5.91 Å². The molecule has 1 rings (SSSR count). The quantitative estimate of drug-likeness (QED) is 0.101. The zero-order chi connectivity index (χ0) is 24.0. The number of rotatable bonds is 22. The summed E-state index contributed by atoms with van der Waals surface area (Å²) in [6.07, 6.45) is 30.7. The second-order valence-corrected chi connectivity index (χ2v) is 10.2. The Balaban J connectivity index is 1.95. The molecule has 1 aliphatic rings. The van der Waals surface area contributed by atoms with Crippen LogP contribution in [-0.4, -0.2) is 48.9 Å². The zero-order valence-corrected chi connectivity index (χ0v) is 22.5. The summed E-state index contributed by atoms with van der Waals surface area (Å²) in [5, 5.41) is 2.95. The highest BCUT2D eigenvalue weighted by Crippen LogP contribution is 2.22. The summed E-state index contributed by atoms with van der Waals surface area (Å²) in [6.45, 7) is 9.90. The van der Waals surface area contributed by atoms with Crippen molar-refractivity contribution in [1.29, 1.82) is 0 Å². The largest absolute Gasteiger partial charge is 0.351 e. The molecule has 0 saturated carbocycles.